The van der Waals surface area contributed by atoms with Crippen LogP contribution in [0.2, 0.25) is 0 Å². The van der Waals surface area contributed by atoms with Crippen LogP contribution in [0.3, 0.4) is 0 Å². The first kappa shape index (κ1) is 40.7. The smallest absolute Gasteiger partial charge is 0.407 e. The van der Waals surface area contributed by atoms with E-state index >= 15 is 0 Å². The minimum Gasteiger partial charge on any atom is -0.453 e. The number of nitrogens with zero attached hydrogens (tertiary/aromatic N) is 5. The van der Waals surface area contributed by atoms with Crippen molar-refractivity contribution in [2.24, 2.45) is 5.92 Å². The van der Waals surface area contributed by atoms with Gasteiger partial charge in [-0.15, -0.1) is 0 Å². The fourth-order valence-electron chi connectivity index (χ4n) is 8.39. The Balaban J connectivity index is 0.942. The second kappa shape index (κ2) is 17.7. The van der Waals surface area contributed by atoms with Gasteiger partial charge in [-0.25, -0.2) is 19.6 Å². The highest BCUT2D eigenvalue weighted by molar-refractivity contribution is 5.91. The Hall–Kier alpha value is -7.03. The maximum atomic E-state index is 13.9. The molecule has 15 nitrogen and oxygen atoms in total. The minimum absolute atomic E-state index is 0.112. The van der Waals surface area contributed by atoms with Crippen LogP contribution in [0, 0.1) is 5.92 Å². The normalized spacial score (nSPS) is 17.3. The Kier molecular flexibility index (Phi) is 11.8. The van der Waals surface area contributed by atoms with E-state index in [2.05, 4.69) is 62.0 Å². The lowest BCUT2D eigenvalue weighted by atomic mass is 10.0. The van der Waals surface area contributed by atoms with Gasteiger partial charge in [0, 0.05) is 36.0 Å². The molecule has 4 amide bonds. The number of imidazole rings is 2. The molecule has 61 heavy (non-hydrogen) atoms. The topological polar surface area (TPSA) is 188 Å². The number of ether oxygens (including phenoxy) is 2. The summed E-state index contributed by atoms with van der Waals surface area (Å²) in [6.07, 6.45) is 7.24. The number of H-pyrrole nitrogens is 2. The third-order valence-corrected chi connectivity index (χ3v) is 11.6. The van der Waals surface area contributed by atoms with Crippen LogP contribution in [0.1, 0.15) is 74.9 Å². The number of benzene rings is 3. The molecule has 6 aromatic rings. The van der Waals surface area contributed by atoms with E-state index in [-0.39, 0.29) is 29.8 Å². The molecule has 0 radical (unpaired) electrons. The van der Waals surface area contributed by atoms with E-state index in [4.69, 9.17) is 19.4 Å². The number of aromatic nitrogens is 5. The summed E-state index contributed by atoms with van der Waals surface area (Å²) in [5, 5.41) is 7.52. The molecule has 4 atom stereocenters. The van der Waals surface area contributed by atoms with Gasteiger partial charge < -0.3 is 39.9 Å². The molecule has 15 heteroatoms. The zero-order valence-corrected chi connectivity index (χ0v) is 34.6. The fraction of sp³-hybridized carbons (Fsp3) is 0.326. The third kappa shape index (κ3) is 8.54. The summed E-state index contributed by atoms with van der Waals surface area (Å²) in [4.78, 5) is 76.4. The van der Waals surface area contributed by atoms with Crippen LogP contribution in [0.5, 0.6) is 0 Å². The molecule has 2 aliphatic rings. The summed E-state index contributed by atoms with van der Waals surface area (Å²) in [5.74, 6) is 0.914. The predicted octanol–water partition coefficient (Wildman–Crippen LogP) is 7.49. The number of nitrogens with one attached hydrogen (secondary N) is 4. The Morgan fingerprint density at radius 1 is 0.656 bits per heavy atom. The number of methoxy groups -OCH3 is 2. The van der Waals surface area contributed by atoms with Gasteiger partial charge in [-0.1, -0.05) is 68.4 Å². The molecule has 314 valence electrons. The van der Waals surface area contributed by atoms with Crippen molar-refractivity contribution in [3.63, 3.8) is 0 Å². The van der Waals surface area contributed by atoms with Gasteiger partial charge in [0.2, 0.25) is 5.91 Å². The molecule has 8 rings (SSSR count). The number of fused-ring (bicyclic) bond motifs is 1. The quantitative estimate of drug-likeness (QED) is 0.103. The zero-order valence-electron chi connectivity index (χ0n) is 34.6. The Morgan fingerprint density at radius 3 is 1.80 bits per heavy atom. The number of aromatic amines is 2. The standard InChI is InChI=1S/C46H49N9O6/c1-27(2)39(52-45(58)60-3)43(56)54-20-8-12-37(54)41-48-25-35(50-41)32-17-15-29-22-31(16-14-30(29)23-32)34-19-18-33(24-47-34)36-26-49-42(51-36)38-13-9-21-55(38)44(57)40(53-46(59)61-4)28-10-6-5-7-11-28/h5-7,10-11,14-19,22-27,37-40H,8-9,12-13,20-21H2,1-4H3,(H,48,50)(H,49,51)(H,52,58)(H,53,59). The molecule has 2 fully saturated rings. The Bertz CT molecular complexity index is 2540. The number of alkyl carbamates (subject to hydrolysis) is 2. The van der Waals surface area contributed by atoms with Crippen LogP contribution in [0.25, 0.3) is 44.5 Å². The van der Waals surface area contributed by atoms with E-state index in [1.165, 1.54) is 14.2 Å². The van der Waals surface area contributed by atoms with Crippen molar-refractivity contribution in [2.75, 3.05) is 27.3 Å². The van der Waals surface area contributed by atoms with E-state index < -0.39 is 24.3 Å². The van der Waals surface area contributed by atoms with Crippen molar-refractivity contribution in [2.45, 2.75) is 63.7 Å². The third-order valence-electron chi connectivity index (χ3n) is 11.6. The molecule has 3 aromatic carbocycles. The zero-order chi connectivity index (χ0) is 42.6. The largest absolute Gasteiger partial charge is 0.453 e. The van der Waals surface area contributed by atoms with Crippen LogP contribution < -0.4 is 10.6 Å². The summed E-state index contributed by atoms with van der Waals surface area (Å²) in [6, 6.07) is 23.6. The molecule has 5 heterocycles. The van der Waals surface area contributed by atoms with Crippen molar-refractivity contribution in [3.8, 4) is 33.8 Å². The van der Waals surface area contributed by atoms with Gasteiger partial charge in [0.05, 0.1) is 55.8 Å². The van der Waals surface area contributed by atoms with Crippen LogP contribution in [0.4, 0.5) is 9.59 Å². The van der Waals surface area contributed by atoms with E-state index in [9.17, 15) is 19.2 Å². The molecular formula is C46H49N9O6. The molecule has 0 saturated carbocycles. The van der Waals surface area contributed by atoms with Gasteiger partial charge in [0.1, 0.15) is 23.7 Å². The number of rotatable bonds is 11. The number of hydrogen-bond acceptors (Lipinski definition) is 9. The van der Waals surface area contributed by atoms with Gasteiger partial charge in [0.25, 0.3) is 5.91 Å². The summed E-state index contributed by atoms with van der Waals surface area (Å²) >= 11 is 0. The Labute approximate surface area is 353 Å². The van der Waals surface area contributed by atoms with Crippen molar-refractivity contribution in [1.29, 1.82) is 0 Å². The van der Waals surface area contributed by atoms with Crippen LogP contribution >= 0.6 is 0 Å². The van der Waals surface area contributed by atoms with Gasteiger partial charge in [-0.3, -0.25) is 14.6 Å². The molecule has 2 saturated heterocycles. The first-order valence-corrected chi connectivity index (χ1v) is 20.6. The SMILES string of the molecule is COC(=O)NC(C(=O)N1CCCC1c1ncc(-c2ccc(-c3ccc4cc(-c5cnc(C6CCCN6C(=O)C(NC(=O)OC)C(C)C)[nH]5)ccc4c3)nc2)[nH]1)c1ccccc1. The van der Waals surface area contributed by atoms with Crippen LogP contribution in [-0.2, 0) is 19.1 Å². The van der Waals surface area contributed by atoms with Gasteiger partial charge in [-0.2, -0.15) is 0 Å². The van der Waals surface area contributed by atoms with Crippen LogP contribution in [0.15, 0.2) is 97.5 Å². The molecular weight excluding hydrogens is 775 g/mol. The highest BCUT2D eigenvalue weighted by atomic mass is 16.5. The van der Waals surface area contributed by atoms with Gasteiger partial charge in [0.15, 0.2) is 0 Å². The highest BCUT2D eigenvalue weighted by Gasteiger charge is 2.39. The van der Waals surface area contributed by atoms with E-state index in [1.807, 2.05) is 73.6 Å². The van der Waals surface area contributed by atoms with Gasteiger partial charge in [-0.05, 0) is 72.2 Å². The number of carbonyl (C=O) groups excluding carboxylic acids is 4. The Morgan fingerprint density at radius 2 is 1.21 bits per heavy atom. The highest BCUT2D eigenvalue weighted by Crippen LogP contribution is 2.36. The van der Waals surface area contributed by atoms with Crippen molar-refractivity contribution in [3.05, 3.63) is 115 Å². The lowest BCUT2D eigenvalue weighted by Gasteiger charge is -2.30. The summed E-state index contributed by atoms with van der Waals surface area (Å²) in [7, 11) is 2.57. The molecule has 4 N–H and O–H groups in total. The molecule has 4 unspecified atom stereocenters. The number of likely N-dealkylation sites (tertiary alicyclic amines) is 2. The van der Waals surface area contributed by atoms with Crippen molar-refractivity contribution >= 4 is 34.8 Å². The lowest BCUT2D eigenvalue weighted by Crippen LogP contribution is -2.51. The minimum atomic E-state index is -0.890. The maximum Gasteiger partial charge on any atom is 0.407 e. The summed E-state index contributed by atoms with van der Waals surface area (Å²) < 4.78 is 9.59. The van der Waals surface area contributed by atoms with E-state index in [0.29, 0.717) is 24.5 Å². The number of amides is 4. The fourth-order valence-corrected chi connectivity index (χ4v) is 8.39. The molecule has 0 aliphatic carbocycles. The summed E-state index contributed by atoms with van der Waals surface area (Å²) in [5.41, 5.74) is 5.95. The first-order valence-electron chi connectivity index (χ1n) is 20.6. The molecule has 3 aromatic heterocycles. The average Bonchev–Trinajstić information content (AvgIpc) is 4.14. The second-order valence-corrected chi connectivity index (χ2v) is 15.8. The van der Waals surface area contributed by atoms with E-state index in [0.717, 1.165) is 76.1 Å². The number of pyridine rings is 1. The summed E-state index contributed by atoms with van der Waals surface area (Å²) in [6.45, 7) is 4.93. The predicted molar refractivity (Wildman–Crippen MR) is 229 cm³/mol. The monoisotopic (exact) mass is 823 g/mol. The second-order valence-electron chi connectivity index (χ2n) is 15.8. The number of hydrogen-bond donors (Lipinski definition) is 4. The number of carbonyl (C=O) groups is 4. The molecule has 2 aliphatic heterocycles. The van der Waals surface area contributed by atoms with Crippen molar-refractivity contribution in [1.82, 2.24) is 45.4 Å². The first-order chi connectivity index (χ1) is 29.6. The van der Waals surface area contributed by atoms with Crippen LogP contribution in [-0.4, -0.2) is 92.1 Å². The molecule has 0 bridgehead atoms. The van der Waals surface area contributed by atoms with Gasteiger partial charge >= 0.3 is 12.2 Å². The maximum absolute atomic E-state index is 13.9. The lowest BCUT2D eigenvalue weighted by molar-refractivity contribution is -0.135. The molecule has 0 spiro atoms. The average molecular weight is 824 g/mol. The van der Waals surface area contributed by atoms with E-state index in [1.54, 1.807) is 11.1 Å². The van der Waals surface area contributed by atoms with Crippen molar-refractivity contribution < 1.29 is 28.7 Å².